The van der Waals surface area contributed by atoms with Gasteiger partial charge in [-0.2, -0.15) is 4.39 Å². The summed E-state index contributed by atoms with van der Waals surface area (Å²) in [4.78, 5) is 27.8. The maximum absolute atomic E-state index is 16.0. The monoisotopic (exact) mass is 424 g/mol. The average molecular weight is 424 g/mol. The molecule has 11 nitrogen and oxygen atoms in total. The highest BCUT2D eigenvalue weighted by Gasteiger charge is 2.77. The van der Waals surface area contributed by atoms with Crippen molar-refractivity contribution in [2.75, 3.05) is 31.8 Å². The second kappa shape index (κ2) is 7.06. The smallest absolute Gasteiger partial charge is 0.322 e. The van der Waals surface area contributed by atoms with E-state index in [2.05, 4.69) is 0 Å². The minimum Gasteiger partial charge on any atom is -0.390 e. The SMILES string of the molecule is CCC(O)[C@]12C(=O)N(C3CCCO3)CN(O)C1(F)NC(=O)N2CCS(C)(=O)=O. The van der Waals surface area contributed by atoms with Gasteiger partial charge in [-0.25, -0.2) is 13.2 Å². The number of ether oxygens (including phenoxy) is 1. The molecule has 160 valence electrons. The number of aliphatic hydroxyl groups is 1. The minimum absolute atomic E-state index is 0.130. The molecule has 3 aliphatic heterocycles. The van der Waals surface area contributed by atoms with Crippen LogP contribution in [0.25, 0.3) is 0 Å². The normalized spacial score (nSPS) is 35.2. The van der Waals surface area contributed by atoms with Crippen molar-refractivity contribution in [2.24, 2.45) is 0 Å². The first-order chi connectivity index (χ1) is 13.0. The summed E-state index contributed by atoms with van der Waals surface area (Å²) in [6, 6.07) is -1.10. The van der Waals surface area contributed by atoms with Crippen LogP contribution < -0.4 is 5.32 Å². The van der Waals surface area contributed by atoms with E-state index in [1.165, 1.54) is 6.92 Å². The van der Waals surface area contributed by atoms with E-state index in [9.17, 15) is 28.3 Å². The molecular formula is C15H25FN4O7S. The molecule has 3 aliphatic rings. The fourth-order valence-corrected chi connectivity index (χ4v) is 4.60. The summed E-state index contributed by atoms with van der Waals surface area (Å²) >= 11 is 0. The molecule has 0 aromatic carbocycles. The number of hydroxylamine groups is 2. The first-order valence-electron chi connectivity index (χ1n) is 9.02. The fraction of sp³-hybridized carbons (Fsp3) is 0.867. The van der Waals surface area contributed by atoms with Gasteiger partial charge in [0.25, 0.3) is 11.8 Å². The molecule has 3 unspecified atom stereocenters. The number of aliphatic hydroxyl groups excluding tert-OH is 1. The summed E-state index contributed by atoms with van der Waals surface area (Å²) in [6.45, 7) is 0.737. The van der Waals surface area contributed by atoms with Gasteiger partial charge in [0.05, 0.1) is 11.9 Å². The predicted octanol–water partition coefficient (Wildman–Crippen LogP) is -1.18. The Morgan fingerprint density at radius 2 is 2.11 bits per heavy atom. The summed E-state index contributed by atoms with van der Waals surface area (Å²) in [6.07, 6.45) is -0.565. The number of nitrogens with zero attached hydrogens (tertiary/aromatic N) is 3. The summed E-state index contributed by atoms with van der Waals surface area (Å²) in [5.41, 5.74) is -2.57. The van der Waals surface area contributed by atoms with Crippen molar-refractivity contribution in [1.29, 1.82) is 0 Å². The lowest BCUT2D eigenvalue weighted by Crippen LogP contribution is -2.82. The van der Waals surface area contributed by atoms with Gasteiger partial charge in [0.1, 0.15) is 22.7 Å². The van der Waals surface area contributed by atoms with E-state index in [4.69, 9.17) is 4.74 Å². The molecule has 3 N–H and O–H groups in total. The Bertz CT molecular complexity index is 761. The van der Waals surface area contributed by atoms with E-state index < -0.39 is 64.5 Å². The second-order valence-electron chi connectivity index (χ2n) is 7.31. The van der Waals surface area contributed by atoms with Crippen LogP contribution in [0, 0.1) is 0 Å². The molecule has 0 saturated carbocycles. The molecule has 0 radical (unpaired) electrons. The third-order valence-corrected chi connectivity index (χ3v) is 6.41. The number of carbonyl (C=O) groups excluding carboxylic acids is 2. The number of nitrogens with one attached hydrogen (secondary N) is 1. The Kier molecular flexibility index (Phi) is 5.34. The van der Waals surface area contributed by atoms with Gasteiger partial charge in [0.2, 0.25) is 5.54 Å². The van der Waals surface area contributed by atoms with Gasteiger partial charge in [0, 0.05) is 19.4 Å². The van der Waals surface area contributed by atoms with E-state index in [0.717, 1.165) is 11.2 Å². The van der Waals surface area contributed by atoms with Crippen molar-refractivity contribution in [3.05, 3.63) is 0 Å². The molecule has 0 aromatic heterocycles. The Morgan fingerprint density at radius 3 is 2.64 bits per heavy atom. The molecule has 3 saturated heterocycles. The molecule has 3 heterocycles. The Morgan fingerprint density at radius 1 is 1.43 bits per heavy atom. The van der Waals surface area contributed by atoms with Crippen LogP contribution in [0.2, 0.25) is 0 Å². The molecule has 13 heteroatoms. The Hall–Kier alpha value is -1.54. The summed E-state index contributed by atoms with van der Waals surface area (Å²) in [5, 5.41) is 23.2. The lowest BCUT2D eigenvalue weighted by Gasteiger charge is -2.53. The van der Waals surface area contributed by atoms with Crippen LogP contribution in [0.3, 0.4) is 0 Å². The minimum atomic E-state index is -3.56. The number of fused-ring (bicyclic) bond motifs is 1. The van der Waals surface area contributed by atoms with Crippen LogP contribution in [0.1, 0.15) is 26.2 Å². The molecule has 3 rings (SSSR count). The van der Waals surface area contributed by atoms with Crippen LogP contribution in [-0.2, 0) is 19.4 Å². The fourth-order valence-electron chi connectivity index (χ4n) is 4.09. The van der Waals surface area contributed by atoms with Gasteiger partial charge in [0.15, 0.2) is 0 Å². The van der Waals surface area contributed by atoms with Crippen LogP contribution >= 0.6 is 0 Å². The quantitative estimate of drug-likeness (QED) is 0.453. The Balaban J connectivity index is 2.11. The van der Waals surface area contributed by atoms with Gasteiger partial charge in [-0.1, -0.05) is 6.92 Å². The first-order valence-corrected chi connectivity index (χ1v) is 11.1. The van der Waals surface area contributed by atoms with Gasteiger partial charge in [-0.15, -0.1) is 5.06 Å². The molecule has 0 aliphatic carbocycles. The molecule has 4 atom stereocenters. The van der Waals surface area contributed by atoms with Crippen molar-refractivity contribution in [3.8, 4) is 0 Å². The highest BCUT2D eigenvalue weighted by atomic mass is 32.2. The number of carbonyl (C=O) groups is 2. The van der Waals surface area contributed by atoms with Crippen LogP contribution in [0.15, 0.2) is 0 Å². The molecule has 3 fully saturated rings. The van der Waals surface area contributed by atoms with Crippen LogP contribution in [0.4, 0.5) is 9.18 Å². The third-order valence-electron chi connectivity index (χ3n) is 5.49. The number of alkyl halides is 1. The maximum atomic E-state index is 16.0. The van der Waals surface area contributed by atoms with E-state index in [0.29, 0.717) is 24.3 Å². The zero-order valence-corrected chi connectivity index (χ0v) is 16.5. The topological polar surface area (TPSA) is 140 Å². The largest absolute Gasteiger partial charge is 0.390 e. The van der Waals surface area contributed by atoms with E-state index >= 15 is 4.39 Å². The van der Waals surface area contributed by atoms with Gasteiger partial charge in [-0.05, 0) is 19.3 Å². The summed E-state index contributed by atoms with van der Waals surface area (Å²) in [5.74, 6) is -4.63. The zero-order chi connectivity index (χ0) is 20.9. The van der Waals surface area contributed by atoms with Crippen molar-refractivity contribution in [2.45, 2.75) is 50.0 Å². The Labute approximate surface area is 161 Å². The molecular weight excluding hydrogens is 399 g/mol. The van der Waals surface area contributed by atoms with Crippen LogP contribution in [-0.4, -0.2) is 101 Å². The highest BCUT2D eigenvalue weighted by Crippen LogP contribution is 2.46. The van der Waals surface area contributed by atoms with Crippen molar-refractivity contribution >= 4 is 21.8 Å². The van der Waals surface area contributed by atoms with Gasteiger partial charge >= 0.3 is 6.03 Å². The number of halogens is 1. The predicted molar refractivity (Wildman–Crippen MR) is 92.1 cm³/mol. The van der Waals surface area contributed by atoms with E-state index in [1.54, 1.807) is 0 Å². The van der Waals surface area contributed by atoms with Crippen molar-refractivity contribution in [3.63, 3.8) is 0 Å². The maximum Gasteiger partial charge on any atom is 0.322 e. The molecule has 0 bridgehead atoms. The molecule has 0 aromatic rings. The lowest BCUT2D eigenvalue weighted by atomic mass is 9.81. The lowest BCUT2D eigenvalue weighted by molar-refractivity contribution is -0.317. The second-order valence-corrected chi connectivity index (χ2v) is 9.57. The first kappa shape index (κ1) is 21.2. The number of sulfone groups is 1. The molecule has 28 heavy (non-hydrogen) atoms. The number of amides is 3. The average Bonchev–Trinajstić information content (AvgIpc) is 3.20. The number of hydrogen-bond donors (Lipinski definition) is 3. The number of rotatable bonds is 6. The van der Waals surface area contributed by atoms with E-state index in [-0.39, 0.29) is 11.5 Å². The molecule has 3 amide bonds. The van der Waals surface area contributed by atoms with Gasteiger partial charge in [-0.3, -0.25) is 15.0 Å². The van der Waals surface area contributed by atoms with Crippen LogP contribution in [0.5, 0.6) is 0 Å². The third kappa shape index (κ3) is 2.96. The van der Waals surface area contributed by atoms with Crippen molar-refractivity contribution < 1.29 is 37.4 Å². The number of urea groups is 1. The van der Waals surface area contributed by atoms with E-state index in [1.807, 2.05) is 5.32 Å². The number of hydrogen-bond acceptors (Lipinski definition) is 8. The summed E-state index contributed by atoms with van der Waals surface area (Å²) in [7, 11) is -3.56. The highest BCUT2D eigenvalue weighted by molar-refractivity contribution is 7.90. The van der Waals surface area contributed by atoms with Gasteiger partial charge < -0.3 is 20.0 Å². The summed E-state index contributed by atoms with van der Waals surface area (Å²) < 4.78 is 44.7. The molecule has 0 spiro atoms. The standard InChI is InChI=1S/C15H25FN4O7S/c1-3-10(21)14-12(22)18(11-5-4-7-27-11)9-20(24)15(14,16)17-13(23)19(14)6-8-28(2,25)26/h10-11,21,24H,3-9H2,1-2H3,(H,17,23)/t10?,11?,14-,15?/m0/s1. The van der Waals surface area contributed by atoms with Crippen molar-refractivity contribution in [1.82, 2.24) is 20.2 Å². The zero-order valence-electron chi connectivity index (χ0n) is 15.7.